The summed E-state index contributed by atoms with van der Waals surface area (Å²) in [6.07, 6.45) is 2.65. The van der Waals surface area contributed by atoms with Gasteiger partial charge in [-0.25, -0.2) is 4.98 Å². The summed E-state index contributed by atoms with van der Waals surface area (Å²) in [6.45, 7) is 3.93. The summed E-state index contributed by atoms with van der Waals surface area (Å²) in [5.74, 6) is 0.688. The average Bonchev–Trinajstić information content (AvgIpc) is 2.92. The Bertz CT molecular complexity index is 519. The fraction of sp³-hybridized carbons (Fsp3) is 0.357. The molecule has 1 amide bonds. The Kier molecular flexibility index (Phi) is 4.28. The summed E-state index contributed by atoms with van der Waals surface area (Å²) in [5, 5.41) is 9.40. The van der Waals surface area contributed by atoms with Crippen molar-refractivity contribution in [2.45, 2.75) is 32.7 Å². The number of carbonyl (C=O) groups is 1. The van der Waals surface area contributed by atoms with Crippen LogP contribution in [0.1, 0.15) is 36.3 Å². The van der Waals surface area contributed by atoms with Gasteiger partial charge in [-0.3, -0.25) is 9.89 Å². The second-order valence-electron chi connectivity index (χ2n) is 4.65. The monoisotopic (exact) mass is 258 g/mol. The summed E-state index contributed by atoms with van der Waals surface area (Å²) >= 11 is 0. The van der Waals surface area contributed by atoms with Gasteiger partial charge in [-0.15, -0.1) is 0 Å². The van der Waals surface area contributed by atoms with Crippen molar-refractivity contribution in [2.24, 2.45) is 0 Å². The van der Waals surface area contributed by atoms with Crippen LogP contribution in [0.5, 0.6) is 0 Å². The molecular weight excluding hydrogens is 240 g/mol. The second kappa shape index (κ2) is 6.13. The van der Waals surface area contributed by atoms with Crippen LogP contribution in [0, 0.1) is 6.92 Å². The Labute approximate surface area is 112 Å². The summed E-state index contributed by atoms with van der Waals surface area (Å²) < 4.78 is 0. The molecular formula is C14H18N4O. The number of H-pyrrole nitrogens is 1. The number of carbonyl (C=O) groups excluding carboxylic acids is 1. The molecule has 0 radical (unpaired) electrons. The van der Waals surface area contributed by atoms with Crippen molar-refractivity contribution in [1.82, 2.24) is 20.5 Å². The molecule has 1 aromatic carbocycles. The molecule has 0 spiro atoms. The highest BCUT2D eigenvalue weighted by Crippen LogP contribution is 2.08. The van der Waals surface area contributed by atoms with Crippen LogP contribution < -0.4 is 5.32 Å². The van der Waals surface area contributed by atoms with Gasteiger partial charge in [-0.05, 0) is 25.8 Å². The zero-order valence-electron chi connectivity index (χ0n) is 11.2. The van der Waals surface area contributed by atoms with E-state index in [-0.39, 0.29) is 11.9 Å². The van der Waals surface area contributed by atoms with E-state index in [0.29, 0.717) is 12.2 Å². The Hall–Kier alpha value is -2.17. The summed E-state index contributed by atoms with van der Waals surface area (Å²) in [4.78, 5) is 15.8. The molecule has 0 saturated heterocycles. The number of amides is 1. The molecule has 1 atom stereocenters. The van der Waals surface area contributed by atoms with Gasteiger partial charge in [-0.1, -0.05) is 29.8 Å². The summed E-state index contributed by atoms with van der Waals surface area (Å²) in [6, 6.07) is 8.09. The van der Waals surface area contributed by atoms with Crippen LogP contribution in [-0.4, -0.2) is 21.1 Å². The smallest absolute Gasteiger partial charge is 0.220 e. The zero-order chi connectivity index (χ0) is 13.7. The maximum atomic E-state index is 11.8. The number of hydrogen-bond acceptors (Lipinski definition) is 3. The average molecular weight is 258 g/mol. The van der Waals surface area contributed by atoms with E-state index < -0.39 is 0 Å². The first-order valence-corrected chi connectivity index (χ1v) is 6.35. The van der Waals surface area contributed by atoms with Crippen molar-refractivity contribution in [1.29, 1.82) is 0 Å². The van der Waals surface area contributed by atoms with Gasteiger partial charge in [0.25, 0.3) is 0 Å². The first kappa shape index (κ1) is 13.3. The minimum Gasteiger partial charge on any atom is -0.346 e. The first-order valence-electron chi connectivity index (χ1n) is 6.35. The third-order valence-electron chi connectivity index (χ3n) is 2.98. The lowest BCUT2D eigenvalue weighted by Gasteiger charge is -2.10. The molecule has 0 aliphatic carbocycles. The van der Waals surface area contributed by atoms with E-state index in [1.165, 1.54) is 17.5 Å². The highest BCUT2D eigenvalue weighted by molar-refractivity contribution is 5.76. The van der Waals surface area contributed by atoms with Crippen molar-refractivity contribution >= 4 is 5.91 Å². The lowest BCUT2D eigenvalue weighted by Crippen LogP contribution is -2.27. The normalized spacial score (nSPS) is 12.1. The lowest BCUT2D eigenvalue weighted by molar-refractivity contribution is -0.121. The number of hydrogen-bond donors (Lipinski definition) is 2. The molecule has 19 heavy (non-hydrogen) atoms. The minimum atomic E-state index is -0.145. The van der Waals surface area contributed by atoms with Crippen LogP contribution >= 0.6 is 0 Å². The highest BCUT2D eigenvalue weighted by Gasteiger charge is 2.11. The van der Waals surface area contributed by atoms with E-state index in [0.717, 1.165) is 6.42 Å². The molecule has 2 N–H and O–H groups in total. The van der Waals surface area contributed by atoms with Crippen molar-refractivity contribution in [3.63, 3.8) is 0 Å². The largest absolute Gasteiger partial charge is 0.346 e. The van der Waals surface area contributed by atoms with Crippen LogP contribution in [0.3, 0.4) is 0 Å². The first-order chi connectivity index (χ1) is 9.15. The van der Waals surface area contributed by atoms with E-state index in [9.17, 15) is 4.79 Å². The van der Waals surface area contributed by atoms with Crippen molar-refractivity contribution in [3.05, 3.63) is 47.5 Å². The van der Waals surface area contributed by atoms with E-state index in [2.05, 4.69) is 51.7 Å². The molecule has 1 unspecified atom stereocenters. The van der Waals surface area contributed by atoms with E-state index in [1.54, 1.807) is 0 Å². The lowest BCUT2D eigenvalue weighted by atomic mass is 10.1. The van der Waals surface area contributed by atoms with Crippen LogP contribution in [0.25, 0.3) is 0 Å². The molecule has 100 valence electrons. The number of aromatic nitrogens is 3. The summed E-state index contributed by atoms with van der Waals surface area (Å²) in [7, 11) is 0. The van der Waals surface area contributed by atoms with Crippen LogP contribution in [0.15, 0.2) is 30.6 Å². The Balaban J connectivity index is 1.80. The predicted octanol–water partition coefficient (Wildman–Crippen LogP) is 1.92. The molecule has 5 nitrogen and oxygen atoms in total. The van der Waals surface area contributed by atoms with Crippen molar-refractivity contribution in [3.8, 4) is 0 Å². The zero-order valence-corrected chi connectivity index (χ0v) is 11.2. The van der Waals surface area contributed by atoms with Gasteiger partial charge in [-0.2, -0.15) is 5.10 Å². The SMILES string of the molecule is Cc1ccc(CCC(=O)NC(C)c2ncn[nH]2)cc1. The third kappa shape index (κ3) is 3.91. The van der Waals surface area contributed by atoms with E-state index >= 15 is 0 Å². The van der Waals surface area contributed by atoms with Gasteiger partial charge < -0.3 is 5.32 Å². The topological polar surface area (TPSA) is 70.7 Å². The Morgan fingerprint density at radius 1 is 1.37 bits per heavy atom. The van der Waals surface area contributed by atoms with Crippen LogP contribution in [0.2, 0.25) is 0 Å². The highest BCUT2D eigenvalue weighted by atomic mass is 16.1. The molecule has 2 aromatic rings. The molecule has 5 heteroatoms. The molecule has 0 aliphatic heterocycles. The van der Waals surface area contributed by atoms with Gasteiger partial charge in [0.1, 0.15) is 12.2 Å². The molecule has 0 fully saturated rings. The quantitative estimate of drug-likeness (QED) is 0.860. The van der Waals surface area contributed by atoms with Crippen LogP contribution in [-0.2, 0) is 11.2 Å². The maximum Gasteiger partial charge on any atom is 0.220 e. The predicted molar refractivity (Wildman–Crippen MR) is 72.4 cm³/mol. The summed E-state index contributed by atoms with van der Waals surface area (Å²) in [5.41, 5.74) is 2.40. The number of benzene rings is 1. The van der Waals surface area contributed by atoms with E-state index in [1.807, 2.05) is 6.92 Å². The van der Waals surface area contributed by atoms with Crippen molar-refractivity contribution in [2.75, 3.05) is 0 Å². The fourth-order valence-corrected chi connectivity index (χ4v) is 1.82. The fourth-order valence-electron chi connectivity index (χ4n) is 1.82. The molecule has 0 aliphatic rings. The van der Waals surface area contributed by atoms with E-state index in [4.69, 9.17) is 0 Å². The number of aromatic amines is 1. The molecule has 1 heterocycles. The number of nitrogens with zero attached hydrogens (tertiary/aromatic N) is 2. The Morgan fingerprint density at radius 3 is 2.74 bits per heavy atom. The van der Waals surface area contributed by atoms with Crippen LogP contribution in [0.4, 0.5) is 0 Å². The molecule has 1 aromatic heterocycles. The Morgan fingerprint density at radius 2 is 2.11 bits per heavy atom. The van der Waals surface area contributed by atoms with Gasteiger partial charge >= 0.3 is 0 Å². The third-order valence-corrected chi connectivity index (χ3v) is 2.98. The molecule has 2 rings (SSSR count). The number of rotatable bonds is 5. The van der Waals surface area contributed by atoms with Crippen molar-refractivity contribution < 1.29 is 4.79 Å². The second-order valence-corrected chi connectivity index (χ2v) is 4.65. The minimum absolute atomic E-state index is 0.0180. The number of aryl methyl sites for hydroxylation is 2. The van der Waals surface area contributed by atoms with Gasteiger partial charge in [0.05, 0.1) is 6.04 Å². The maximum absolute atomic E-state index is 11.8. The molecule has 0 saturated carbocycles. The molecule has 0 bridgehead atoms. The number of nitrogens with one attached hydrogen (secondary N) is 2. The standard InChI is InChI=1S/C14H18N4O/c1-10-3-5-12(6-4-10)7-8-13(19)17-11(2)14-15-9-16-18-14/h3-6,9,11H,7-8H2,1-2H3,(H,17,19)(H,15,16,18). The van der Waals surface area contributed by atoms with Gasteiger partial charge in [0.15, 0.2) is 0 Å². The van der Waals surface area contributed by atoms with Gasteiger partial charge in [0.2, 0.25) is 5.91 Å². The van der Waals surface area contributed by atoms with Gasteiger partial charge in [0, 0.05) is 6.42 Å².